The molecule has 0 aliphatic carbocycles. The lowest BCUT2D eigenvalue weighted by Crippen LogP contribution is -2.48. The van der Waals surface area contributed by atoms with E-state index in [-0.39, 0.29) is 5.91 Å². The van der Waals surface area contributed by atoms with E-state index in [1.165, 1.54) is 5.69 Å². The molecule has 1 aliphatic heterocycles. The van der Waals surface area contributed by atoms with Crippen LogP contribution in [0.1, 0.15) is 15.9 Å². The monoisotopic (exact) mass is 431 g/mol. The maximum Gasteiger partial charge on any atom is 0.253 e. The molecule has 6 nitrogen and oxygen atoms in total. The molecule has 1 fully saturated rings. The number of benzene rings is 3. The summed E-state index contributed by atoms with van der Waals surface area (Å²) in [6, 6.07) is 23.8. The number of methoxy groups -OCH3 is 2. The van der Waals surface area contributed by atoms with Crippen LogP contribution >= 0.6 is 0 Å². The molecular formula is C26H29N3O3. The van der Waals surface area contributed by atoms with Crippen LogP contribution in [0, 0.1) is 0 Å². The van der Waals surface area contributed by atoms with E-state index >= 15 is 0 Å². The van der Waals surface area contributed by atoms with E-state index in [0.717, 1.165) is 43.2 Å². The number of nitrogens with zero attached hydrogens (tertiary/aromatic N) is 2. The molecule has 0 radical (unpaired) electrons. The molecule has 1 amide bonds. The standard InChI is InChI=1S/C26H29N3O3/c1-31-24-10-6-7-21(25(24)32-2)19-27-22-13-11-20(12-14-22)26(30)29-17-15-28(16-18-29)23-8-4-3-5-9-23/h3-14,27H,15-19H2,1-2H3. The third-order valence-corrected chi connectivity index (χ3v) is 5.79. The molecule has 0 aromatic heterocycles. The number of carbonyl (C=O) groups is 1. The second-order valence-electron chi connectivity index (χ2n) is 7.70. The summed E-state index contributed by atoms with van der Waals surface area (Å²) < 4.78 is 10.9. The fraction of sp³-hybridized carbons (Fsp3) is 0.269. The third-order valence-electron chi connectivity index (χ3n) is 5.79. The second kappa shape index (κ2) is 10.1. The number of carbonyl (C=O) groups excluding carboxylic acids is 1. The summed E-state index contributed by atoms with van der Waals surface area (Å²) in [7, 11) is 3.27. The molecule has 1 saturated heterocycles. The third kappa shape index (κ3) is 4.80. The summed E-state index contributed by atoms with van der Waals surface area (Å²) >= 11 is 0. The zero-order valence-electron chi connectivity index (χ0n) is 18.6. The molecule has 0 atom stereocenters. The number of amides is 1. The Kier molecular flexibility index (Phi) is 6.80. The van der Waals surface area contributed by atoms with E-state index in [1.807, 2.05) is 65.6 Å². The van der Waals surface area contributed by atoms with Crippen molar-refractivity contribution >= 4 is 17.3 Å². The maximum absolute atomic E-state index is 12.9. The first kappa shape index (κ1) is 21.6. The van der Waals surface area contributed by atoms with E-state index < -0.39 is 0 Å². The van der Waals surface area contributed by atoms with Crippen molar-refractivity contribution in [1.29, 1.82) is 0 Å². The van der Waals surface area contributed by atoms with Crippen molar-refractivity contribution in [3.05, 3.63) is 83.9 Å². The van der Waals surface area contributed by atoms with E-state index in [0.29, 0.717) is 17.9 Å². The second-order valence-corrected chi connectivity index (χ2v) is 7.70. The predicted molar refractivity (Wildman–Crippen MR) is 128 cm³/mol. The molecule has 3 aromatic carbocycles. The van der Waals surface area contributed by atoms with Crippen LogP contribution in [0.4, 0.5) is 11.4 Å². The van der Waals surface area contributed by atoms with Gasteiger partial charge in [0.2, 0.25) is 0 Å². The first-order valence-corrected chi connectivity index (χ1v) is 10.8. The van der Waals surface area contributed by atoms with Crippen LogP contribution in [0.25, 0.3) is 0 Å². The fourth-order valence-electron chi connectivity index (χ4n) is 4.01. The molecule has 1 heterocycles. The van der Waals surface area contributed by atoms with Gasteiger partial charge in [0.1, 0.15) is 0 Å². The van der Waals surface area contributed by atoms with Crippen molar-refractivity contribution < 1.29 is 14.3 Å². The molecule has 3 aromatic rings. The molecule has 0 spiro atoms. The lowest BCUT2D eigenvalue weighted by atomic mass is 10.1. The molecule has 1 aliphatic rings. The van der Waals surface area contributed by atoms with Gasteiger partial charge in [-0.15, -0.1) is 0 Å². The van der Waals surface area contributed by atoms with Crippen molar-refractivity contribution in [3.63, 3.8) is 0 Å². The zero-order valence-corrected chi connectivity index (χ0v) is 18.6. The Labute approximate surface area is 189 Å². The average molecular weight is 432 g/mol. The number of anilines is 2. The molecule has 4 rings (SSSR count). The number of nitrogens with one attached hydrogen (secondary N) is 1. The Morgan fingerprint density at radius 3 is 2.22 bits per heavy atom. The van der Waals surface area contributed by atoms with Crippen molar-refractivity contribution in [3.8, 4) is 11.5 Å². The van der Waals surface area contributed by atoms with Gasteiger partial charge < -0.3 is 24.6 Å². The van der Waals surface area contributed by atoms with Gasteiger partial charge in [0.05, 0.1) is 14.2 Å². The van der Waals surface area contributed by atoms with Crippen LogP contribution in [0.2, 0.25) is 0 Å². The Morgan fingerprint density at radius 1 is 0.844 bits per heavy atom. The van der Waals surface area contributed by atoms with Crippen LogP contribution < -0.4 is 19.7 Å². The largest absolute Gasteiger partial charge is 0.493 e. The van der Waals surface area contributed by atoms with Gasteiger partial charge in [0.25, 0.3) is 5.91 Å². The van der Waals surface area contributed by atoms with E-state index in [2.05, 4.69) is 22.3 Å². The quantitative estimate of drug-likeness (QED) is 0.605. The normalized spacial score (nSPS) is 13.6. The maximum atomic E-state index is 12.9. The van der Waals surface area contributed by atoms with Gasteiger partial charge in [-0.1, -0.05) is 30.3 Å². The molecule has 166 valence electrons. The summed E-state index contributed by atoms with van der Waals surface area (Å²) in [5.41, 5.74) is 3.87. The van der Waals surface area contributed by atoms with Gasteiger partial charge in [-0.05, 0) is 42.5 Å². The molecule has 6 heteroatoms. The number of ether oxygens (including phenoxy) is 2. The van der Waals surface area contributed by atoms with E-state index in [9.17, 15) is 4.79 Å². The molecule has 32 heavy (non-hydrogen) atoms. The van der Waals surface area contributed by atoms with Crippen molar-refractivity contribution in [2.45, 2.75) is 6.54 Å². The first-order chi connectivity index (χ1) is 15.7. The van der Waals surface area contributed by atoms with Gasteiger partial charge in [-0.3, -0.25) is 4.79 Å². The Bertz CT molecular complexity index is 1030. The highest BCUT2D eigenvalue weighted by molar-refractivity contribution is 5.94. The number of hydrogen-bond donors (Lipinski definition) is 1. The summed E-state index contributed by atoms with van der Waals surface area (Å²) in [6.07, 6.45) is 0. The van der Waals surface area contributed by atoms with Crippen molar-refractivity contribution in [2.24, 2.45) is 0 Å². The smallest absolute Gasteiger partial charge is 0.253 e. The average Bonchev–Trinajstić information content (AvgIpc) is 2.87. The summed E-state index contributed by atoms with van der Waals surface area (Å²) in [6.45, 7) is 3.73. The number of piperazine rings is 1. The molecule has 1 N–H and O–H groups in total. The topological polar surface area (TPSA) is 54.0 Å². The van der Waals surface area contributed by atoms with Crippen molar-refractivity contribution in [2.75, 3.05) is 50.6 Å². The van der Waals surface area contributed by atoms with Crippen LogP contribution in [-0.2, 0) is 6.54 Å². The Hall–Kier alpha value is -3.67. The Morgan fingerprint density at radius 2 is 1.56 bits per heavy atom. The van der Waals surface area contributed by atoms with Gasteiger partial charge in [-0.2, -0.15) is 0 Å². The van der Waals surface area contributed by atoms with E-state index in [4.69, 9.17) is 9.47 Å². The van der Waals surface area contributed by atoms with Gasteiger partial charge in [0, 0.05) is 55.2 Å². The summed E-state index contributed by atoms with van der Waals surface area (Å²) in [5, 5.41) is 3.39. The van der Waals surface area contributed by atoms with Crippen LogP contribution in [0.5, 0.6) is 11.5 Å². The molecular weight excluding hydrogens is 402 g/mol. The lowest BCUT2D eigenvalue weighted by molar-refractivity contribution is 0.0747. The van der Waals surface area contributed by atoms with Crippen LogP contribution in [0.3, 0.4) is 0 Å². The molecule has 0 bridgehead atoms. The van der Waals surface area contributed by atoms with E-state index in [1.54, 1.807) is 14.2 Å². The number of para-hydroxylation sites is 2. The molecule has 0 saturated carbocycles. The number of rotatable bonds is 7. The summed E-state index contributed by atoms with van der Waals surface area (Å²) in [4.78, 5) is 17.2. The summed E-state index contributed by atoms with van der Waals surface area (Å²) in [5.74, 6) is 1.52. The first-order valence-electron chi connectivity index (χ1n) is 10.8. The lowest BCUT2D eigenvalue weighted by Gasteiger charge is -2.36. The molecule has 0 unspecified atom stereocenters. The van der Waals surface area contributed by atoms with Gasteiger partial charge in [-0.25, -0.2) is 0 Å². The fourth-order valence-corrected chi connectivity index (χ4v) is 4.01. The highest BCUT2D eigenvalue weighted by Gasteiger charge is 2.22. The minimum absolute atomic E-state index is 0.0822. The van der Waals surface area contributed by atoms with Crippen LogP contribution in [0.15, 0.2) is 72.8 Å². The zero-order chi connectivity index (χ0) is 22.3. The van der Waals surface area contributed by atoms with Gasteiger partial charge in [0.15, 0.2) is 11.5 Å². The van der Waals surface area contributed by atoms with Crippen molar-refractivity contribution in [1.82, 2.24) is 4.90 Å². The Balaban J connectivity index is 1.33. The highest BCUT2D eigenvalue weighted by atomic mass is 16.5. The minimum atomic E-state index is 0.0822. The van der Waals surface area contributed by atoms with Gasteiger partial charge >= 0.3 is 0 Å². The number of hydrogen-bond acceptors (Lipinski definition) is 5. The highest BCUT2D eigenvalue weighted by Crippen LogP contribution is 2.31. The minimum Gasteiger partial charge on any atom is -0.493 e. The predicted octanol–water partition coefficient (Wildman–Crippen LogP) is 4.28. The van der Waals surface area contributed by atoms with Crippen LogP contribution in [-0.4, -0.2) is 51.2 Å². The SMILES string of the molecule is COc1cccc(CNc2ccc(C(=O)N3CCN(c4ccccc4)CC3)cc2)c1OC.